The summed E-state index contributed by atoms with van der Waals surface area (Å²) in [5.41, 5.74) is 1.14. The second kappa shape index (κ2) is 2.98. The number of aromatic nitrogens is 1. The Labute approximate surface area is 75.6 Å². The summed E-state index contributed by atoms with van der Waals surface area (Å²) in [6, 6.07) is 0. The number of nitrogens with zero attached hydrogens (tertiary/aromatic N) is 1. The van der Waals surface area contributed by atoms with Crippen LogP contribution in [0.2, 0.25) is 0 Å². The molecule has 2 rings (SSSR count). The highest BCUT2D eigenvalue weighted by Gasteiger charge is 2.22. The number of carbonyl (C=O) groups is 1. The van der Waals surface area contributed by atoms with Gasteiger partial charge in [-0.1, -0.05) is 6.42 Å². The van der Waals surface area contributed by atoms with E-state index in [2.05, 4.69) is 4.98 Å². The number of hydrogen-bond donors (Lipinski definition) is 0. The Balaban J connectivity index is 2.17. The molecule has 1 heterocycles. The van der Waals surface area contributed by atoms with Crippen LogP contribution in [0.15, 0.2) is 5.38 Å². The molecule has 0 aromatic carbocycles. The van der Waals surface area contributed by atoms with E-state index in [1.54, 1.807) is 6.92 Å². The second-order valence-electron chi connectivity index (χ2n) is 3.26. The van der Waals surface area contributed by atoms with Gasteiger partial charge in [-0.25, -0.2) is 4.98 Å². The third-order valence-electron chi connectivity index (χ3n) is 2.35. The predicted molar refractivity (Wildman–Crippen MR) is 48.7 cm³/mol. The lowest BCUT2D eigenvalue weighted by Crippen LogP contribution is -2.09. The first-order chi connectivity index (χ1) is 5.77. The molecular weight excluding hydrogens is 170 g/mol. The molecule has 1 fully saturated rings. The van der Waals surface area contributed by atoms with Crippen molar-refractivity contribution >= 4 is 17.1 Å². The maximum Gasteiger partial charge on any atom is 0.188 e. The normalized spacial score (nSPS) is 17.4. The van der Waals surface area contributed by atoms with Crippen LogP contribution >= 0.6 is 11.3 Å². The van der Waals surface area contributed by atoms with Crippen LogP contribution in [0, 0.1) is 0 Å². The molecule has 0 N–H and O–H groups in total. The van der Waals surface area contributed by atoms with Crippen LogP contribution in [0.1, 0.15) is 47.6 Å². The van der Waals surface area contributed by atoms with Crippen molar-refractivity contribution < 1.29 is 4.79 Å². The van der Waals surface area contributed by atoms with Crippen molar-refractivity contribution in [2.24, 2.45) is 0 Å². The summed E-state index contributed by atoms with van der Waals surface area (Å²) in [4.78, 5) is 15.2. The highest BCUT2D eigenvalue weighted by atomic mass is 32.1. The number of rotatable bonds is 2. The van der Waals surface area contributed by atoms with Gasteiger partial charge in [-0.05, 0) is 12.8 Å². The molecule has 64 valence electrons. The number of Topliss-reactive ketones (excluding diaryl/α,β-unsaturated/α-hetero) is 1. The Bertz CT molecular complexity index is 301. The topological polar surface area (TPSA) is 30.0 Å². The van der Waals surface area contributed by atoms with Gasteiger partial charge in [0, 0.05) is 18.2 Å². The van der Waals surface area contributed by atoms with Crippen LogP contribution in [0.5, 0.6) is 0 Å². The van der Waals surface area contributed by atoms with E-state index in [4.69, 9.17) is 0 Å². The van der Waals surface area contributed by atoms with Crippen molar-refractivity contribution in [3.8, 4) is 0 Å². The summed E-state index contributed by atoms with van der Waals surface area (Å²) < 4.78 is 0. The number of hydrogen-bond acceptors (Lipinski definition) is 3. The molecule has 1 saturated carbocycles. The molecule has 0 atom stereocenters. The zero-order valence-electron chi connectivity index (χ0n) is 7.04. The maximum absolute atomic E-state index is 10.9. The van der Waals surface area contributed by atoms with Crippen LogP contribution in [0.4, 0.5) is 0 Å². The highest BCUT2D eigenvalue weighted by Crippen LogP contribution is 2.36. The molecule has 12 heavy (non-hydrogen) atoms. The van der Waals surface area contributed by atoms with Gasteiger partial charge >= 0.3 is 0 Å². The summed E-state index contributed by atoms with van der Waals surface area (Å²) in [5.74, 6) is 0.736. The molecule has 1 aromatic rings. The summed E-state index contributed by atoms with van der Waals surface area (Å²) >= 11 is 1.47. The quantitative estimate of drug-likeness (QED) is 0.656. The lowest BCUT2D eigenvalue weighted by Gasteiger charge is -2.22. The van der Waals surface area contributed by atoms with Crippen molar-refractivity contribution in [1.82, 2.24) is 4.98 Å². The first kappa shape index (κ1) is 7.92. The van der Waals surface area contributed by atoms with Crippen molar-refractivity contribution in [3.05, 3.63) is 16.1 Å². The minimum absolute atomic E-state index is 0.0885. The van der Waals surface area contributed by atoms with E-state index in [0.717, 1.165) is 5.69 Å². The van der Waals surface area contributed by atoms with Crippen LogP contribution < -0.4 is 0 Å². The van der Waals surface area contributed by atoms with E-state index in [-0.39, 0.29) is 5.78 Å². The lowest BCUT2D eigenvalue weighted by molar-refractivity contribution is 0.101. The largest absolute Gasteiger partial charge is 0.292 e. The van der Waals surface area contributed by atoms with E-state index in [9.17, 15) is 4.79 Å². The van der Waals surface area contributed by atoms with Crippen molar-refractivity contribution in [2.75, 3.05) is 0 Å². The van der Waals surface area contributed by atoms with Gasteiger partial charge in [0.1, 0.15) is 0 Å². The van der Waals surface area contributed by atoms with Gasteiger partial charge in [0.15, 0.2) is 10.8 Å². The Morgan fingerprint density at radius 3 is 2.83 bits per heavy atom. The molecule has 0 unspecified atom stereocenters. The van der Waals surface area contributed by atoms with E-state index < -0.39 is 0 Å². The van der Waals surface area contributed by atoms with Gasteiger partial charge in [0.05, 0.1) is 5.69 Å². The van der Waals surface area contributed by atoms with E-state index >= 15 is 0 Å². The second-order valence-corrected chi connectivity index (χ2v) is 4.12. The van der Waals surface area contributed by atoms with E-state index in [1.807, 2.05) is 5.38 Å². The third-order valence-corrected chi connectivity index (χ3v) is 3.31. The molecule has 0 radical (unpaired) electrons. The standard InChI is InChI=1S/C9H11NOS/c1-6(11)9-10-8(5-12-9)7-3-2-4-7/h5,7H,2-4H2,1H3. The molecule has 0 aliphatic heterocycles. The van der Waals surface area contributed by atoms with Crippen molar-refractivity contribution in [2.45, 2.75) is 32.1 Å². The van der Waals surface area contributed by atoms with E-state index in [0.29, 0.717) is 10.9 Å². The highest BCUT2D eigenvalue weighted by molar-refractivity contribution is 7.11. The summed E-state index contributed by atoms with van der Waals surface area (Å²) in [5, 5.41) is 2.69. The lowest BCUT2D eigenvalue weighted by atomic mass is 9.83. The molecule has 3 heteroatoms. The zero-order valence-corrected chi connectivity index (χ0v) is 7.86. The third kappa shape index (κ3) is 1.29. The fourth-order valence-electron chi connectivity index (χ4n) is 1.34. The van der Waals surface area contributed by atoms with Crippen molar-refractivity contribution in [3.63, 3.8) is 0 Å². The molecular formula is C9H11NOS. The van der Waals surface area contributed by atoms with E-state index in [1.165, 1.54) is 30.6 Å². The first-order valence-corrected chi connectivity index (χ1v) is 5.11. The molecule has 0 spiro atoms. The molecule has 0 bridgehead atoms. The SMILES string of the molecule is CC(=O)c1nc(C2CCC2)cs1. The van der Waals surface area contributed by atoms with Crippen molar-refractivity contribution in [1.29, 1.82) is 0 Å². The summed E-state index contributed by atoms with van der Waals surface area (Å²) in [6.45, 7) is 1.57. The molecule has 0 amide bonds. The molecule has 1 aliphatic carbocycles. The average molecular weight is 181 g/mol. The van der Waals surface area contributed by atoms with Gasteiger partial charge in [-0.3, -0.25) is 4.79 Å². The number of carbonyl (C=O) groups excluding carboxylic acids is 1. The molecule has 1 aromatic heterocycles. The Hall–Kier alpha value is -0.700. The molecule has 2 nitrogen and oxygen atoms in total. The Morgan fingerprint density at radius 2 is 2.42 bits per heavy atom. The smallest absolute Gasteiger partial charge is 0.188 e. The van der Waals surface area contributed by atoms with Crippen LogP contribution in [-0.2, 0) is 0 Å². The zero-order chi connectivity index (χ0) is 8.55. The van der Waals surface area contributed by atoms with Crippen LogP contribution in [-0.4, -0.2) is 10.8 Å². The number of thiazole rings is 1. The first-order valence-electron chi connectivity index (χ1n) is 4.24. The van der Waals surface area contributed by atoms with Crippen LogP contribution in [0.25, 0.3) is 0 Å². The summed E-state index contributed by atoms with van der Waals surface area (Å²) in [6.07, 6.45) is 3.82. The van der Waals surface area contributed by atoms with Gasteiger partial charge in [-0.2, -0.15) is 0 Å². The molecule has 0 saturated heterocycles. The van der Waals surface area contributed by atoms with Gasteiger partial charge in [0.25, 0.3) is 0 Å². The van der Waals surface area contributed by atoms with Gasteiger partial charge in [0.2, 0.25) is 0 Å². The average Bonchev–Trinajstić information content (AvgIpc) is 2.32. The minimum atomic E-state index is 0.0885. The maximum atomic E-state index is 10.9. The fraction of sp³-hybridized carbons (Fsp3) is 0.556. The fourth-order valence-corrected chi connectivity index (χ4v) is 2.14. The van der Waals surface area contributed by atoms with Gasteiger partial charge < -0.3 is 0 Å². The number of ketones is 1. The minimum Gasteiger partial charge on any atom is -0.292 e. The molecule has 1 aliphatic rings. The van der Waals surface area contributed by atoms with Crippen LogP contribution in [0.3, 0.4) is 0 Å². The predicted octanol–water partition coefficient (Wildman–Crippen LogP) is 2.61. The Morgan fingerprint density at radius 1 is 1.67 bits per heavy atom. The van der Waals surface area contributed by atoms with Gasteiger partial charge in [-0.15, -0.1) is 11.3 Å². The summed E-state index contributed by atoms with van der Waals surface area (Å²) in [7, 11) is 0. The monoisotopic (exact) mass is 181 g/mol. The Kier molecular flexibility index (Phi) is 1.97.